The van der Waals surface area contributed by atoms with Gasteiger partial charge in [0.2, 0.25) is 0 Å². The highest BCUT2D eigenvalue weighted by atomic mass is 32.2. The van der Waals surface area contributed by atoms with Gasteiger partial charge in [-0.15, -0.1) is 0 Å². The van der Waals surface area contributed by atoms with E-state index < -0.39 is 27.9 Å². The molecule has 0 spiro atoms. The lowest BCUT2D eigenvalue weighted by atomic mass is 9.97. The SMILES string of the molecule is CC(C)(C)C(=O)OC1CC(OS(C)(=O)=O)CN1. The second kappa shape index (κ2) is 4.91. The van der Waals surface area contributed by atoms with Crippen molar-refractivity contribution in [3.63, 3.8) is 0 Å². The Kier molecular flexibility index (Phi) is 4.16. The van der Waals surface area contributed by atoms with E-state index in [-0.39, 0.29) is 5.97 Å². The first-order valence-electron chi connectivity index (χ1n) is 5.40. The molecule has 100 valence electrons. The van der Waals surface area contributed by atoms with Crippen LogP contribution in [-0.4, -0.2) is 39.5 Å². The Morgan fingerprint density at radius 2 is 1.94 bits per heavy atom. The number of rotatable bonds is 3. The van der Waals surface area contributed by atoms with E-state index in [1.807, 2.05) is 0 Å². The van der Waals surface area contributed by atoms with E-state index in [1.165, 1.54) is 0 Å². The molecule has 0 amide bonds. The molecule has 0 aromatic carbocycles. The molecule has 0 aromatic heterocycles. The van der Waals surface area contributed by atoms with Crippen molar-refractivity contribution in [2.24, 2.45) is 5.41 Å². The van der Waals surface area contributed by atoms with E-state index in [2.05, 4.69) is 5.32 Å². The fourth-order valence-corrected chi connectivity index (χ4v) is 2.03. The first-order chi connectivity index (χ1) is 7.58. The summed E-state index contributed by atoms with van der Waals surface area (Å²) in [4.78, 5) is 11.6. The Morgan fingerprint density at radius 3 is 2.41 bits per heavy atom. The maximum absolute atomic E-state index is 11.6. The number of carbonyl (C=O) groups is 1. The van der Waals surface area contributed by atoms with Crippen molar-refractivity contribution in [1.82, 2.24) is 5.32 Å². The fourth-order valence-electron chi connectivity index (χ4n) is 1.38. The average molecular weight is 265 g/mol. The summed E-state index contributed by atoms with van der Waals surface area (Å²) in [5.41, 5.74) is -0.572. The summed E-state index contributed by atoms with van der Waals surface area (Å²) < 4.78 is 31.8. The minimum absolute atomic E-state index is 0.324. The molecule has 2 unspecified atom stereocenters. The minimum Gasteiger partial charge on any atom is -0.446 e. The molecule has 6 nitrogen and oxygen atoms in total. The van der Waals surface area contributed by atoms with E-state index >= 15 is 0 Å². The third-order valence-electron chi connectivity index (χ3n) is 2.22. The van der Waals surface area contributed by atoms with Crippen molar-refractivity contribution in [3.8, 4) is 0 Å². The van der Waals surface area contributed by atoms with Crippen molar-refractivity contribution in [3.05, 3.63) is 0 Å². The topological polar surface area (TPSA) is 81.7 Å². The molecule has 2 atom stereocenters. The molecule has 0 saturated carbocycles. The number of nitrogens with one attached hydrogen (secondary N) is 1. The monoisotopic (exact) mass is 265 g/mol. The van der Waals surface area contributed by atoms with Crippen LogP contribution in [0.3, 0.4) is 0 Å². The zero-order chi connectivity index (χ0) is 13.3. The van der Waals surface area contributed by atoms with Gasteiger partial charge in [0.1, 0.15) is 0 Å². The molecular weight excluding hydrogens is 246 g/mol. The largest absolute Gasteiger partial charge is 0.446 e. The molecule has 0 aromatic rings. The van der Waals surface area contributed by atoms with Crippen LogP contribution in [0.4, 0.5) is 0 Å². The summed E-state index contributed by atoms with van der Waals surface area (Å²) in [6, 6.07) is 0. The van der Waals surface area contributed by atoms with E-state index in [1.54, 1.807) is 20.8 Å². The van der Waals surface area contributed by atoms with Crippen molar-refractivity contribution in [2.75, 3.05) is 12.8 Å². The molecule has 1 rings (SSSR count). The summed E-state index contributed by atoms with van der Waals surface area (Å²) in [6.07, 6.45) is 0.396. The molecule has 17 heavy (non-hydrogen) atoms. The summed E-state index contributed by atoms with van der Waals surface area (Å²) in [7, 11) is -3.47. The Hall–Kier alpha value is -0.660. The summed E-state index contributed by atoms with van der Waals surface area (Å²) in [6.45, 7) is 5.63. The Balaban J connectivity index is 2.44. The summed E-state index contributed by atoms with van der Waals surface area (Å²) in [5.74, 6) is -0.324. The van der Waals surface area contributed by atoms with Gasteiger partial charge in [0, 0.05) is 13.0 Å². The van der Waals surface area contributed by atoms with Crippen molar-refractivity contribution in [1.29, 1.82) is 0 Å². The predicted molar refractivity (Wildman–Crippen MR) is 61.7 cm³/mol. The van der Waals surface area contributed by atoms with Gasteiger partial charge in [-0.2, -0.15) is 8.42 Å². The van der Waals surface area contributed by atoms with Gasteiger partial charge in [0.25, 0.3) is 10.1 Å². The smallest absolute Gasteiger partial charge is 0.312 e. The summed E-state index contributed by atoms with van der Waals surface area (Å²) in [5, 5.41) is 2.90. The molecular formula is C10H19NO5S. The lowest BCUT2D eigenvalue weighted by Gasteiger charge is -2.20. The standard InChI is InChI=1S/C10H19NO5S/c1-10(2,3)9(12)15-8-5-7(6-11-8)16-17(4,13)14/h7-8,11H,5-6H2,1-4H3. The van der Waals surface area contributed by atoms with Crippen LogP contribution >= 0.6 is 0 Å². The number of hydrogen-bond acceptors (Lipinski definition) is 6. The average Bonchev–Trinajstić information content (AvgIpc) is 2.47. The van der Waals surface area contributed by atoms with Gasteiger partial charge in [0.15, 0.2) is 6.23 Å². The van der Waals surface area contributed by atoms with Crippen LogP contribution in [0, 0.1) is 5.41 Å². The normalized spacial score (nSPS) is 25.9. The molecule has 0 aliphatic carbocycles. The zero-order valence-electron chi connectivity index (χ0n) is 10.5. The second-order valence-electron chi connectivity index (χ2n) is 5.21. The maximum Gasteiger partial charge on any atom is 0.312 e. The molecule has 0 radical (unpaired) electrons. The minimum atomic E-state index is -3.47. The third-order valence-corrected chi connectivity index (χ3v) is 2.84. The Bertz CT molecular complexity index is 384. The number of esters is 1. The second-order valence-corrected chi connectivity index (χ2v) is 6.81. The molecule has 1 N–H and O–H groups in total. The van der Waals surface area contributed by atoms with Gasteiger partial charge in [-0.3, -0.25) is 14.3 Å². The molecule has 1 fully saturated rings. The number of carbonyl (C=O) groups excluding carboxylic acids is 1. The molecule has 1 saturated heterocycles. The Labute approximate surface area is 102 Å². The molecule has 1 aliphatic heterocycles. The quantitative estimate of drug-likeness (QED) is 0.581. The highest BCUT2D eigenvalue weighted by Crippen LogP contribution is 2.20. The number of hydrogen-bond donors (Lipinski definition) is 1. The molecule has 0 bridgehead atoms. The first-order valence-corrected chi connectivity index (χ1v) is 7.22. The van der Waals surface area contributed by atoms with Crippen LogP contribution in [0.15, 0.2) is 0 Å². The predicted octanol–water partition coefficient (Wildman–Crippen LogP) is 0.240. The highest BCUT2D eigenvalue weighted by molar-refractivity contribution is 7.86. The molecule has 7 heteroatoms. The molecule has 1 heterocycles. The van der Waals surface area contributed by atoms with Crippen LogP contribution < -0.4 is 5.32 Å². The third kappa shape index (κ3) is 5.01. The van der Waals surface area contributed by atoms with Crippen molar-refractivity contribution < 1.29 is 22.1 Å². The van der Waals surface area contributed by atoms with Crippen LogP contribution in [-0.2, 0) is 23.8 Å². The maximum atomic E-state index is 11.6. The zero-order valence-corrected chi connectivity index (χ0v) is 11.3. The van der Waals surface area contributed by atoms with E-state index in [4.69, 9.17) is 8.92 Å². The summed E-state index contributed by atoms with van der Waals surface area (Å²) >= 11 is 0. The number of ether oxygens (including phenoxy) is 1. The van der Waals surface area contributed by atoms with Crippen LogP contribution in [0.25, 0.3) is 0 Å². The van der Waals surface area contributed by atoms with Gasteiger partial charge in [-0.05, 0) is 20.8 Å². The van der Waals surface area contributed by atoms with Gasteiger partial charge in [-0.1, -0.05) is 0 Å². The van der Waals surface area contributed by atoms with Crippen molar-refractivity contribution >= 4 is 16.1 Å². The van der Waals surface area contributed by atoms with Crippen molar-refractivity contribution in [2.45, 2.75) is 39.5 Å². The Morgan fingerprint density at radius 1 is 1.35 bits per heavy atom. The lowest BCUT2D eigenvalue weighted by Crippen LogP contribution is -2.33. The van der Waals surface area contributed by atoms with Gasteiger partial charge < -0.3 is 4.74 Å². The van der Waals surface area contributed by atoms with Crippen LogP contribution in [0.2, 0.25) is 0 Å². The van der Waals surface area contributed by atoms with E-state index in [0.717, 1.165) is 6.26 Å². The molecule has 1 aliphatic rings. The highest BCUT2D eigenvalue weighted by Gasteiger charge is 2.33. The van der Waals surface area contributed by atoms with Gasteiger partial charge in [-0.25, -0.2) is 0 Å². The van der Waals surface area contributed by atoms with Gasteiger partial charge in [0.05, 0.1) is 17.8 Å². The van der Waals surface area contributed by atoms with E-state index in [0.29, 0.717) is 13.0 Å². The van der Waals surface area contributed by atoms with Gasteiger partial charge >= 0.3 is 5.97 Å². The first kappa shape index (κ1) is 14.4. The van der Waals surface area contributed by atoms with Crippen LogP contribution in [0.1, 0.15) is 27.2 Å². The van der Waals surface area contributed by atoms with Crippen LogP contribution in [0.5, 0.6) is 0 Å². The fraction of sp³-hybridized carbons (Fsp3) is 0.900. The lowest BCUT2D eigenvalue weighted by molar-refractivity contribution is -0.159. The van der Waals surface area contributed by atoms with E-state index in [9.17, 15) is 13.2 Å².